The van der Waals surface area contributed by atoms with Gasteiger partial charge in [-0.05, 0) is 74.1 Å². The third-order valence-electron chi connectivity index (χ3n) is 9.73. The number of nitrogens with zero attached hydrogens (tertiary/aromatic N) is 1. The van der Waals surface area contributed by atoms with Gasteiger partial charge in [0.1, 0.15) is 22.2 Å². The molecule has 7 nitrogen and oxygen atoms in total. The molecule has 0 aromatic heterocycles. The van der Waals surface area contributed by atoms with E-state index in [1.54, 1.807) is 0 Å². The van der Waals surface area contributed by atoms with E-state index in [4.69, 9.17) is 0 Å². The summed E-state index contributed by atoms with van der Waals surface area (Å²) < 4.78 is 160. The Balaban J connectivity index is 1.56. The lowest BCUT2D eigenvalue weighted by molar-refractivity contribution is -0.392. The second-order valence-electron chi connectivity index (χ2n) is 12.6. The molecule has 3 aromatic carbocycles. The van der Waals surface area contributed by atoms with Crippen molar-refractivity contribution in [2.45, 2.75) is 66.3 Å². The number of carbonyl (C=O) groups excluding carboxylic acids is 1. The van der Waals surface area contributed by atoms with Crippen LogP contribution in [-0.4, -0.2) is 55.7 Å². The predicted molar refractivity (Wildman–Crippen MR) is 161 cm³/mol. The molecule has 276 valence electrons. The molecule has 2 aliphatic rings. The molecule has 3 aromatic rings. The highest BCUT2D eigenvalue weighted by Gasteiger charge is 2.73. The van der Waals surface area contributed by atoms with Gasteiger partial charge in [-0.3, -0.25) is 9.59 Å². The molecule has 1 aliphatic carbocycles. The molecule has 0 bridgehead atoms. The lowest BCUT2D eigenvalue weighted by Gasteiger charge is -2.38. The zero-order chi connectivity index (χ0) is 37.6. The number of carboxylic acids is 1. The molecule has 5 rings (SSSR count). The van der Waals surface area contributed by atoms with E-state index in [9.17, 15) is 62.6 Å². The zero-order valence-corrected chi connectivity index (χ0v) is 27.2. The summed E-state index contributed by atoms with van der Waals surface area (Å²) in [5, 5.41) is 9.29. The van der Waals surface area contributed by atoms with Crippen LogP contribution in [-0.2, 0) is 41.1 Å². The number of piperidine rings is 1. The number of carbonyl (C=O) groups is 2. The molecule has 1 amide bonds. The van der Waals surface area contributed by atoms with Crippen molar-refractivity contribution in [1.82, 2.24) is 4.90 Å². The predicted octanol–water partition coefficient (Wildman–Crippen LogP) is 7.43. The fourth-order valence-electron chi connectivity index (χ4n) is 6.92. The van der Waals surface area contributed by atoms with Crippen LogP contribution in [0.3, 0.4) is 0 Å². The molecule has 1 N–H and O–H groups in total. The summed E-state index contributed by atoms with van der Waals surface area (Å²) in [6, 6.07) is 7.89. The van der Waals surface area contributed by atoms with Crippen LogP contribution in [0.4, 0.5) is 39.5 Å². The Hall–Kier alpha value is -4.12. The lowest BCUT2D eigenvalue weighted by atomic mass is 9.88. The topological polar surface area (TPSA) is 101 Å². The molecule has 17 heteroatoms. The van der Waals surface area contributed by atoms with Gasteiger partial charge in [-0.1, -0.05) is 30.3 Å². The molecule has 1 heterocycles. The Morgan fingerprint density at radius 3 is 1.86 bits per heavy atom. The van der Waals surface area contributed by atoms with Crippen LogP contribution in [0, 0.1) is 29.3 Å². The van der Waals surface area contributed by atoms with Crippen LogP contribution in [0.15, 0.2) is 71.6 Å². The Labute approximate surface area is 285 Å². The number of amides is 1. The SMILES string of the molecule is O=C(O)C1CCN(C(=O)[C@@H]2CC[C@](c3ccc(C(OCc4c(F)cccc4F)(C(F)(F)F)C(F)(F)F)cc3)(S(=O)(=O)c3ccc(F)cc3)C2)CC1. The fourth-order valence-corrected chi connectivity index (χ4v) is 9.12. The number of carboxylic acid groups (broad SMARTS) is 1. The number of benzene rings is 3. The molecular weight excluding hydrogens is 721 g/mol. The van der Waals surface area contributed by atoms with Crippen molar-refractivity contribution in [1.29, 1.82) is 0 Å². The number of rotatable bonds is 9. The maximum absolute atomic E-state index is 14.5. The third-order valence-corrected chi connectivity index (χ3v) is 12.3. The van der Waals surface area contributed by atoms with Crippen molar-refractivity contribution in [3.05, 3.63) is 101 Å². The molecule has 0 radical (unpaired) electrons. The number of ether oxygens (including phenoxy) is 1. The van der Waals surface area contributed by atoms with Crippen LogP contribution < -0.4 is 0 Å². The van der Waals surface area contributed by atoms with Crippen molar-refractivity contribution < 1.29 is 67.4 Å². The van der Waals surface area contributed by atoms with E-state index in [1.807, 2.05) is 0 Å². The van der Waals surface area contributed by atoms with Crippen molar-refractivity contribution in [3.63, 3.8) is 0 Å². The average Bonchev–Trinajstić information content (AvgIpc) is 3.53. The smallest absolute Gasteiger partial charge is 0.430 e. The molecule has 1 aliphatic heterocycles. The van der Waals surface area contributed by atoms with E-state index in [-0.39, 0.29) is 44.3 Å². The van der Waals surface area contributed by atoms with E-state index in [0.717, 1.165) is 42.5 Å². The maximum Gasteiger partial charge on any atom is 0.430 e. The summed E-state index contributed by atoms with van der Waals surface area (Å²) in [4.78, 5) is 25.9. The largest absolute Gasteiger partial charge is 0.481 e. The van der Waals surface area contributed by atoms with Gasteiger partial charge in [-0.2, -0.15) is 26.3 Å². The first-order chi connectivity index (χ1) is 23.7. The monoisotopic (exact) mass is 751 g/mol. The van der Waals surface area contributed by atoms with Gasteiger partial charge in [0, 0.05) is 30.1 Å². The summed E-state index contributed by atoms with van der Waals surface area (Å²) in [5.74, 6) is -6.87. The van der Waals surface area contributed by atoms with Crippen molar-refractivity contribution in [3.8, 4) is 0 Å². The van der Waals surface area contributed by atoms with Crippen molar-refractivity contribution in [2.75, 3.05) is 13.1 Å². The molecule has 1 saturated heterocycles. The minimum absolute atomic E-state index is 0.0633. The first kappa shape index (κ1) is 38.1. The maximum atomic E-state index is 14.5. The van der Waals surface area contributed by atoms with Gasteiger partial charge in [0.25, 0.3) is 5.60 Å². The van der Waals surface area contributed by atoms with E-state index in [2.05, 4.69) is 4.74 Å². The zero-order valence-electron chi connectivity index (χ0n) is 26.4. The highest BCUT2D eigenvalue weighted by atomic mass is 32.2. The van der Waals surface area contributed by atoms with E-state index < -0.39 is 103 Å². The highest BCUT2D eigenvalue weighted by Crippen LogP contribution is 2.55. The number of hydrogen-bond donors (Lipinski definition) is 1. The van der Waals surface area contributed by atoms with Crippen LogP contribution in [0.5, 0.6) is 0 Å². The summed E-state index contributed by atoms with van der Waals surface area (Å²) >= 11 is 0. The molecule has 0 unspecified atom stereocenters. The average molecular weight is 752 g/mol. The molecule has 2 fully saturated rings. The Kier molecular flexibility index (Phi) is 10.3. The van der Waals surface area contributed by atoms with E-state index in [1.165, 1.54) is 4.90 Å². The fraction of sp³-hybridized carbons (Fsp3) is 0.412. The number of hydrogen-bond acceptors (Lipinski definition) is 5. The Bertz CT molecular complexity index is 1840. The van der Waals surface area contributed by atoms with Gasteiger partial charge < -0.3 is 14.7 Å². The van der Waals surface area contributed by atoms with Crippen LogP contribution in [0.25, 0.3) is 0 Å². The van der Waals surface area contributed by atoms with Crippen molar-refractivity contribution >= 4 is 21.7 Å². The van der Waals surface area contributed by atoms with E-state index >= 15 is 0 Å². The second kappa shape index (κ2) is 13.8. The summed E-state index contributed by atoms with van der Waals surface area (Å²) in [6.45, 7) is -1.63. The van der Waals surface area contributed by atoms with Crippen LogP contribution >= 0.6 is 0 Å². The first-order valence-electron chi connectivity index (χ1n) is 15.6. The molecule has 51 heavy (non-hydrogen) atoms. The number of aliphatic carboxylic acids is 1. The third kappa shape index (κ3) is 6.81. The van der Waals surface area contributed by atoms with E-state index in [0.29, 0.717) is 24.3 Å². The molecular formula is C34H30F9NO6S. The lowest BCUT2D eigenvalue weighted by Crippen LogP contribution is -2.56. The first-order valence-corrected chi connectivity index (χ1v) is 17.1. The van der Waals surface area contributed by atoms with Gasteiger partial charge in [0.2, 0.25) is 5.91 Å². The normalized spacial score (nSPS) is 20.8. The number of likely N-dealkylation sites (tertiary alicyclic amines) is 1. The van der Waals surface area contributed by atoms with Crippen LogP contribution in [0.2, 0.25) is 0 Å². The Morgan fingerprint density at radius 2 is 1.35 bits per heavy atom. The summed E-state index contributed by atoms with van der Waals surface area (Å²) in [6.07, 6.45) is -13.0. The van der Waals surface area contributed by atoms with Crippen molar-refractivity contribution in [2.24, 2.45) is 11.8 Å². The Morgan fingerprint density at radius 1 is 0.804 bits per heavy atom. The second-order valence-corrected chi connectivity index (χ2v) is 14.8. The quantitative estimate of drug-likeness (QED) is 0.180. The number of alkyl halides is 6. The summed E-state index contributed by atoms with van der Waals surface area (Å²) in [5.41, 5.74) is -8.14. The number of sulfone groups is 1. The highest BCUT2D eigenvalue weighted by molar-refractivity contribution is 7.92. The molecule has 1 saturated carbocycles. The van der Waals surface area contributed by atoms with Gasteiger partial charge in [-0.15, -0.1) is 0 Å². The molecule has 0 spiro atoms. The van der Waals surface area contributed by atoms with Gasteiger partial charge in [0.15, 0.2) is 9.84 Å². The van der Waals surface area contributed by atoms with Gasteiger partial charge in [-0.25, -0.2) is 21.6 Å². The van der Waals surface area contributed by atoms with Gasteiger partial charge in [0.05, 0.1) is 17.4 Å². The summed E-state index contributed by atoms with van der Waals surface area (Å²) in [7, 11) is -4.62. The van der Waals surface area contributed by atoms with Gasteiger partial charge >= 0.3 is 18.3 Å². The minimum Gasteiger partial charge on any atom is -0.481 e. The van der Waals surface area contributed by atoms with Crippen LogP contribution in [0.1, 0.15) is 48.8 Å². The standard InChI is InChI=1S/C34H30F9NO6S/c35-24-8-10-25(11-9-24)51(48,49)31(15-12-21(18-31)29(45)44-16-13-20(14-17-44)30(46)47)22-4-6-23(7-5-22)32(33(38,39)40,34(41,42)43)50-19-26-27(36)2-1-3-28(26)37/h1-11,20-21H,12-19H2,(H,46,47)/t21-,31+/m1/s1. The number of halogens is 9. The minimum atomic E-state index is -6.24. The molecule has 2 atom stereocenters.